The van der Waals surface area contributed by atoms with E-state index in [0.717, 1.165) is 17.7 Å². The van der Waals surface area contributed by atoms with Crippen LogP contribution in [0.4, 0.5) is 0 Å². The maximum absolute atomic E-state index is 12.9. The lowest BCUT2D eigenvalue weighted by molar-refractivity contribution is -0.125. The first-order valence-corrected chi connectivity index (χ1v) is 10.1. The summed E-state index contributed by atoms with van der Waals surface area (Å²) in [5.74, 6) is -0.129. The minimum atomic E-state index is -0.174. The number of rotatable bonds is 7. The predicted octanol–water partition coefficient (Wildman–Crippen LogP) is 3.26. The third-order valence-corrected chi connectivity index (χ3v) is 5.67. The lowest BCUT2D eigenvalue weighted by atomic mass is 9.94. The van der Waals surface area contributed by atoms with Crippen molar-refractivity contribution >= 4 is 17.5 Å². The maximum atomic E-state index is 12.9. The second-order valence-electron chi connectivity index (χ2n) is 7.66. The van der Waals surface area contributed by atoms with Gasteiger partial charge in [0.05, 0.1) is 12.0 Å². The van der Waals surface area contributed by atoms with Crippen molar-refractivity contribution in [1.82, 2.24) is 21.1 Å². The van der Waals surface area contributed by atoms with E-state index in [2.05, 4.69) is 60.2 Å². The summed E-state index contributed by atoms with van der Waals surface area (Å²) < 4.78 is 0. The molecular formula is C22H29ClN4O. The quantitative estimate of drug-likeness (QED) is 0.667. The van der Waals surface area contributed by atoms with E-state index in [1.54, 1.807) is 0 Å². The molecule has 0 saturated carbocycles. The molecular weight excluding hydrogens is 372 g/mol. The summed E-state index contributed by atoms with van der Waals surface area (Å²) >= 11 is 5.99. The molecule has 2 atom stereocenters. The molecule has 3 rings (SSSR count). The molecule has 6 heteroatoms. The molecule has 150 valence electrons. The van der Waals surface area contributed by atoms with E-state index in [0.29, 0.717) is 24.2 Å². The fraction of sp³-hybridized carbons (Fsp3) is 0.409. The Kier molecular flexibility index (Phi) is 7.08. The van der Waals surface area contributed by atoms with E-state index in [1.807, 2.05) is 30.3 Å². The molecule has 5 nitrogen and oxygen atoms in total. The Morgan fingerprint density at radius 1 is 1.18 bits per heavy atom. The van der Waals surface area contributed by atoms with Crippen LogP contribution in [0.5, 0.6) is 0 Å². The number of halogens is 1. The number of carbonyl (C=O) groups excluding carboxylic acids is 1. The van der Waals surface area contributed by atoms with Gasteiger partial charge in [-0.1, -0.05) is 48.0 Å². The van der Waals surface area contributed by atoms with Gasteiger partial charge in [0.25, 0.3) is 0 Å². The van der Waals surface area contributed by atoms with Gasteiger partial charge in [0.2, 0.25) is 5.91 Å². The number of carbonyl (C=O) groups is 1. The lowest BCUT2D eigenvalue weighted by Gasteiger charge is -2.23. The van der Waals surface area contributed by atoms with Gasteiger partial charge in [-0.15, -0.1) is 0 Å². The Bertz CT molecular complexity index is 793. The SMILES string of the molecule is CC(C)N(C)Cc1ccccc1CNC(=O)C1CNNC1c1ccc(Cl)cc1. The van der Waals surface area contributed by atoms with Crippen molar-refractivity contribution in [1.29, 1.82) is 0 Å². The fourth-order valence-corrected chi connectivity index (χ4v) is 3.50. The molecule has 0 radical (unpaired) electrons. The molecule has 2 aromatic rings. The second-order valence-corrected chi connectivity index (χ2v) is 8.09. The highest BCUT2D eigenvalue weighted by molar-refractivity contribution is 6.30. The second kappa shape index (κ2) is 9.52. The van der Waals surface area contributed by atoms with Gasteiger partial charge in [-0.05, 0) is 49.7 Å². The van der Waals surface area contributed by atoms with Crippen LogP contribution in [0.1, 0.15) is 36.6 Å². The largest absolute Gasteiger partial charge is 0.352 e. The number of nitrogens with zero attached hydrogens (tertiary/aromatic N) is 1. The molecule has 1 saturated heterocycles. The average Bonchev–Trinajstić information content (AvgIpc) is 3.17. The van der Waals surface area contributed by atoms with Gasteiger partial charge >= 0.3 is 0 Å². The summed E-state index contributed by atoms with van der Waals surface area (Å²) in [4.78, 5) is 15.2. The van der Waals surface area contributed by atoms with Crippen LogP contribution >= 0.6 is 11.6 Å². The maximum Gasteiger partial charge on any atom is 0.226 e. The van der Waals surface area contributed by atoms with Crippen LogP contribution in [-0.2, 0) is 17.9 Å². The third kappa shape index (κ3) is 5.11. The molecule has 2 unspecified atom stereocenters. The lowest BCUT2D eigenvalue weighted by Crippen LogP contribution is -2.35. The Morgan fingerprint density at radius 2 is 1.86 bits per heavy atom. The molecule has 28 heavy (non-hydrogen) atoms. The zero-order chi connectivity index (χ0) is 20.1. The standard InChI is InChI=1S/C22H29ClN4O/c1-15(2)27(3)14-18-7-5-4-6-17(18)12-24-22(28)20-13-25-26-21(20)16-8-10-19(23)11-9-16/h4-11,15,20-21,25-26H,12-14H2,1-3H3,(H,24,28). The van der Waals surface area contributed by atoms with Crippen molar-refractivity contribution in [2.45, 2.75) is 39.0 Å². The summed E-state index contributed by atoms with van der Waals surface area (Å²) in [6.07, 6.45) is 0. The summed E-state index contributed by atoms with van der Waals surface area (Å²) in [7, 11) is 2.12. The van der Waals surface area contributed by atoms with Crippen LogP contribution in [0.15, 0.2) is 48.5 Å². The summed E-state index contributed by atoms with van der Waals surface area (Å²) in [5.41, 5.74) is 9.78. The summed E-state index contributed by atoms with van der Waals surface area (Å²) in [6, 6.07) is 16.3. The first-order chi connectivity index (χ1) is 13.5. The van der Waals surface area contributed by atoms with Crippen molar-refractivity contribution in [2.75, 3.05) is 13.6 Å². The Labute approximate surface area is 172 Å². The Morgan fingerprint density at radius 3 is 2.54 bits per heavy atom. The minimum Gasteiger partial charge on any atom is -0.352 e. The minimum absolute atomic E-state index is 0.0458. The first-order valence-electron chi connectivity index (χ1n) is 9.74. The molecule has 0 aliphatic carbocycles. The molecule has 1 amide bonds. The van der Waals surface area contributed by atoms with E-state index in [9.17, 15) is 4.79 Å². The van der Waals surface area contributed by atoms with Crippen LogP contribution in [0.3, 0.4) is 0 Å². The van der Waals surface area contributed by atoms with Crippen molar-refractivity contribution < 1.29 is 4.79 Å². The topological polar surface area (TPSA) is 56.4 Å². The third-order valence-electron chi connectivity index (χ3n) is 5.42. The normalized spacial score (nSPS) is 19.4. The number of hydrogen-bond donors (Lipinski definition) is 3. The smallest absolute Gasteiger partial charge is 0.226 e. The molecule has 3 N–H and O–H groups in total. The highest BCUT2D eigenvalue weighted by Gasteiger charge is 2.33. The van der Waals surface area contributed by atoms with E-state index in [4.69, 9.17) is 11.6 Å². The highest BCUT2D eigenvalue weighted by atomic mass is 35.5. The van der Waals surface area contributed by atoms with Gasteiger partial charge < -0.3 is 5.32 Å². The number of nitrogens with one attached hydrogen (secondary N) is 3. The van der Waals surface area contributed by atoms with Crippen molar-refractivity contribution in [3.05, 3.63) is 70.2 Å². The monoisotopic (exact) mass is 400 g/mol. The zero-order valence-corrected chi connectivity index (χ0v) is 17.5. The number of hydrazine groups is 1. The predicted molar refractivity (Wildman–Crippen MR) is 114 cm³/mol. The Balaban J connectivity index is 1.64. The van der Waals surface area contributed by atoms with Crippen LogP contribution in [-0.4, -0.2) is 30.4 Å². The Hall–Kier alpha value is -1.92. The fourth-order valence-electron chi connectivity index (χ4n) is 3.38. The van der Waals surface area contributed by atoms with Crippen LogP contribution in [0.25, 0.3) is 0 Å². The molecule has 1 aliphatic heterocycles. The first kappa shape index (κ1) is 20.8. The van der Waals surface area contributed by atoms with Gasteiger partial charge in [0.15, 0.2) is 0 Å². The van der Waals surface area contributed by atoms with Crippen molar-refractivity contribution in [2.24, 2.45) is 5.92 Å². The summed E-state index contributed by atoms with van der Waals surface area (Å²) in [6.45, 7) is 6.36. The molecule has 1 aliphatic rings. The van der Waals surface area contributed by atoms with E-state index < -0.39 is 0 Å². The van der Waals surface area contributed by atoms with Gasteiger partial charge in [0, 0.05) is 30.7 Å². The molecule has 0 spiro atoms. The van der Waals surface area contributed by atoms with Gasteiger partial charge in [-0.3, -0.25) is 15.1 Å². The molecule has 1 heterocycles. The van der Waals surface area contributed by atoms with Gasteiger partial charge in [0.1, 0.15) is 0 Å². The zero-order valence-electron chi connectivity index (χ0n) is 16.7. The molecule has 1 fully saturated rings. The van der Waals surface area contributed by atoms with E-state index in [1.165, 1.54) is 5.56 Å². The van der Waals surface area contributed by atoms with Crippen LogP contribution < -0.4 is 16.2 Å². The number of hydrogen-bond acceptors (Lipinski definition) is 4. The van der Waals surface area contributed by atoms with Crippen molar-refractivity contribution in [3.63, 3.8) is 0 Å². The number of benzene rings is 2. The van der Waals surface area contributed by atoms with Crippen molar-refractivity contribution in [3.8, 4) is 0 Å². The van der Waals surface area contributed by atoms with Gasteiger partial charge in [-0.2, -0.15) is 0 Å². The van der Waals surface area contributed by atoms with Gasteiger partial charge in [-0.25, -0.2) is 5.43 Å². The summed E-state index contributed by atoms with van der Waals surface area (Å²) in [5, 5.41) is 3.82. The molecule has 0 bridgehead atoms. The van der Waals surface area contributed by atoms with E-state index in [-0.39, 0.29) is 17.9 Å². The number of amides is 1. The highest BCUT2D eigenvalue weighted by Crippen LogP contribution is 2.26. The molecule has 0 aromatic heterocycles. The average molecular weight is 401 g/mol. The molecule has 2 aromatic carbocycles. The van der Waals surface area contributed by atoms with E-state index >= 15 is 0 Å². The van der Waals surface area contributed by atoms with Crippen LogP contribution in [0, 0.1) is 5.92 Å². The van der Waals surface area contributed by atoms with Crippen LogP contribution in [0.2, 0.25) is 5.02 Å².